The second kappa shape index (κ2) is 21.4. The molecule has 1 amide bonds. The summed E-state index contributed by atoms with van der Waals surface area (Å²) in [7, 11) is 0. The third-order valence-corrected chi connectivity index (χ3v) is 7.50. The molecule has 0 saturated carbocycles. The van der Waals surface area contributed by atoms with E-state index in [4.69, 9.17) is 4.74 Å². The van der Waals surface area contributed by atoms with Gasteiger partial charge in [-0.15, -0.1) is 0 Å². The molecule has 0 unspecified atom stereocenters. The number of carboxylic acid groups (broad SMARTS) is 3. The minimum absolute atomic E-state index is 0.0928. The number of aromatic nitrogens is 1. The number of carboxylic acids is 3. The van der Waals surface area contributed by atoms with Gasteiger partial charge in [0.05, 0.1) is 31.0 Å². The molecule has 0 saturated heterocycles. The first kappa shape index (κ1) is 36.9. The smallest absolute Gasteiger partial charge is 0.317 e. The van der Waals surface area contributed by atoms with Gasteiger partial charge in [0.15, 0.2) is 6.61 Å². The average molecular weight is 622 g/mol. The van der Waals surface area contributed by atoms with Crippen molar-refractivity contribution in [2.45, 2.75) is 84.2 Å². The van der Waals surface area contributed by atoms with Crippen LogP contribution in [-0.4, -0.2) is 118 Å². The number of ether oxygens (including phenoxy) is 1. The monoisotopic (exact) mass is 621 g/mol. The fourth-order valence-electron chi connectivity index (χ4n) is 5.18. The van der Waals surface area contributed by atoms with Crippen molar-refractivity contribution in [1.82, 2.24) is 25.0 Å². The third-order valence-electron chi connectivity index (χ3n) is 7.50. The molecule has 0 radical (unpaired) electrons. The topological polar surface area (TPSA) is 173 Å². The van der Waals surface area contributed by atoms with Crippen molar-refractivity contribution in [3.05, 3.63) is 23.5 Å². The van der Waals surface area contributed by atoms with Crippen LogP contribution in [0.25, 0.3) is 0 Å². The Morgan fingerprint density at radius 2 is 1.23 bits per heavy atom. The molecule has 44 heavy (non-hydrogen) atoms. The van der Waals surface area contributed by atoms with Gasteiger partial charge in [-0.05, 0) is 18.6 Å². The van der Waals surface area contributed by atoms with Gasteiger partial charge < -0.3 is 25.4 Å². The van der Waals surface area contributed by atoms with Crippen molar-refractivity contribution in [2.24, 2.45) is 0 Å². The highest BCUT2D eigenvalue weighted by Gasteiger charge is 2.21. The quantitative estimate of drug-likeness (QED) is 0.157. The molecule has 1 aromatic rings. The minimum Gasteiger partial charge on any atom is -0.482 e. The number of pyridine rings is 1. The van der Waals surface area contributed by atoms with Crippen LogP contribution in [0.5, 0.6) is 5.75 Å². The standard InChI is InChI=1S/C31H51N5O8/c1-2-3-4-5-6-7-8-9-10-11-14-32-28(37)24-44-27-13-12-25-19-35(22-30(40)41)17-15-34(21-29(38)39)16-18-36(23-31(42)43)20-26(27)33-25/h12-13H,2-11,14-24H2,1H3,(H,32,37)(H,38,39)(H,40,41)(H,42,43). The Labute approximate surface area is 260 Å². The summed E-state index contributed by atoms with van der Waals surface area (Å²) in [4.78, 5) is 56.6. The van der Waals surface area contributed by atoms with Gasteiger partial charge in [0.25, 0.3) is 5.91 Å². The van der Waals surface area contributed by atoms with Crippen molar-refractivity contribution in [3.8, 4) is 5.75 Å². The zero-order chi connectivity index (χ0) is 32.2. The van der Waals surface area contributed by atoms with Gasteiger partial charge in [-0.25, -0.2) is 0 Å². The largest absolute Gasteiger partial charge is 0.482 e. The molecule has 1 aromatic heterocycles. The predicted molar refractivity (Wildman–Crippen MR) is 164 cm³/mol. The van der Waals surface area contributed by atoms with Crippen LogP contribution in [-0.2, 0) is 32.3 Å². The van der Waals surface area contributed by atoms with Crippen LogP contribution in [0.4, 0.5) is 0 Å². The number of nitrogens with zero attached hydrogens (tertiary/aromatic N) is 4. The summed E-state index contributed by atoms with van der Waals surface area (Å²) < 4.78 is 5.83. The van der Waals surface area contributed by atoms with Crippen molar-refractivity contribution in [2.75, 3.05) is 59.0 Å². The summed E-state index contributed by atoms with van der Waals surface area (Å²) in [6.07, 6.45) is 12.1. The fourth-order valence-corrected chi connectivity index (χ4v) is 5.18. The average Bonchev–Trinajstić information content (AvgIpc) is 2.95. The Morgan fingerprint density at radius 1 is 0.727 bits per heavy atom. The van der Waals surface area contributed by atoms with Gasteiger partial charge >= 0.3 is 17.9 Å². The lowest BCUT2D eigenvalue weighted by Gasteiger charge is -2.29. The van der Waals surface area contributed by atoms with Gasteiger partial charge in [-0.3, -0.25) is 38.9 Å². The van der Waals surface area contributed by atoms with Crippen LogP contribution in [0.1, 0.15) is 82.5 Å². The van der Waals surface area contributed by atoms with E-state index in [1.807, 2.05) is 0 Å². The van der Waals surface area contributed by atoms with E-state index < -0.39 is 17.9 Å². The SMILES string of the molecule is CCCCCCCCCCCCNC(=O)COc1ccc2nc1CN(CC(=O)O)CCN(CC(=O)O)CCN(CC(=O)O)C2. The van der Waals surface area contributed by atoms with E-state index in [1.165, 1.54) is 44.9 Å². The van der Waals surface area contributed by atoms with E-state index in [9.17, 15) is 34.5 Å². The first-order valence-electron chi connectivity index (χ1n) is 15.9. The van der Waals surface area contributed by atoms with Gasteiger partial charge in [-0.1, -0.05) is 64.7 Å². The van der Waals surface area contributed by atoms with Crippen LogP contribution >= 0.6 is 0 Å². The fraction of sp³-hybridized carbons (Fsp3) is 0.710. The first-order chi connectivity index (χ1) is 21.2. The lowest BCUT2D eigenvalue weighted by Crippen LogP contribution is -2.44. The van der Waals surface area contributed by atoms with E-state index in [2.05, 4.69) is 17.2 Å². The number of rotatable bonds is 20. The maximum absolute atomic E-state index is 12.5. The summed E-state index contributed by atoms with van der Waals surface area (Å²) in [5.74, 6) is -3.01. The normalized spacial score (nSPS) is 15.2. The van der Waals surface area contributed by atoms with E-state index in [0.29, 0.717) is 30.2 Å². The zero-order valence-electron chi connectivity index (χ0n) is 26.2. The summed E-state index contributed by atoms with van der Waals surface area (Å²) in [5.41, 5.74) is 0.978. The molecule has 0 atom stereocenters. The maximum Gasteiger partial charge on any atom is 0.317 e. The highest BCUT2D eigenvalue weighted by molar-refractivity contribution is 5.77. The van der Waals surface area contributed by atoms with E-state index in [0.717, 1.165) is 19.3 Å². The molecule has 13 heteroatoms. The minimum atomic E-state index is -1.04. The molecule has 2 bridgehead atoms. The number of amides is 1. The number of hydrogen-bond acceptors (Lipinski definition) is 9. The Morgan fingerprint density at radius 3 is 1.80 bits per heavy atom. The van der Waals surface area contributed by atoms with Crippen LogP contribution in [0.2, 0.25) is 0 Å². The number of unbranched alkanes of at least 4 members (excludes halogenated alkanes) is 9. The maximum atomic E-state index is 12.5. The molecule has 0 aromatic carbocycles. The van der Waals surface area contributed by atoms with Crippen molar-refractivity contribution in [1.29, 1.82) is 0 Å². The van der Waals surface area contributed by atoms with Gasteiger partial charge in [0.1, 0.15) is 5.75 Å². The van der Waals surface area contributed by atoms with Gasteiger partial charge in [0.2, 0.25) is 0 Å². The molecule has 2 heterocycles. The molecule has 0 aliphatic carbocycles. The van der Waals surface area contributed by atoms with Crippen molar-refractivity contribution in [3.63, 3.8) is 0 Å². The molecule has 0 fully saturated rings. The zero-order valence-corrected chi connectivity index (χ0v) is 26.2. The van der Waals surface area contributed by atoms with Crippen LogP contribution in [0.15, 0.2) is 12.1 Å². The highest BCUT2D eigenvalue weighted by Crippen LogP contribution is 2.21. The third kappa shape index (κ3) is 16.5. The van der Waals surface area contributed by atoms with Crippen molar-refractivity contribution < 1.29 is 39.2 Å². The lowest BCUT2D eigenvalue weighted by molar-refractivity contribution is -0.140. The Hall–Kier alpha value is -3.29. The van der Waals surface area contributed by atoms with Crippen LogP contribution in [0, 0.1) is 0 Å². The number of nitrogens with one attached hydrogen (secondary N) is 1. The number of hydrogen-bond donors (Lipinski definition) is 4. The van der Waals surface area contributed by atoms with Gasteiger partial charge in [0, 0.05) is 45.8 Å². The summed E-state index contributed by atoms with van der Waals surface area (Å²) >= 11 is 0. The van der Waals surface area contributed by atoms with E-state index >= 15 is 0 Å². The van der Waals surface area contributed by atoms with Crippen LogP contribution in [0.3, 0.4) is 0 Å². The van der Waals surface area contributed by atoms with E-state index in [1.54, 1.807) is 26.8 Å². The molecular weight excluding hydrogens is 570 g/mol. The summed E-state index contributed by atoms with van der Waals surface area (Å²) in [6, 6.07) is 3.37. The lowest BCUT2D eigenvalue weighted by atomic mass is 10.1. The molecule has 248 valence electrons. The molecule has 1 aliphatic heterocycles. The Balaban J connectivity index is 1.98. The predicted octanol–water partition coefficient (Wildman–Crippen LogP) is 2.67. The first-order valence-corrected chi connectivity index (χ1v) is 15.9. The van der Waals surface area contributed by atoms with Crippen molar-refractivity contribution >= 4 is 23.8 Å². The summed E-state index contributed by atoms with van der Waals surface area (Å²) in [5, 5.41) is 31.1. The second-order valence-corrected chi connectivity index (χ2v) is 11.4. The van der Waals surface area contributed by atoms with Gasteiger partial charge in [-0.2, -0.15) is 0 Å². The summed E-state index contributed by atoms with van der Waals surface area (Å²) in [6.45, 7) is 3.14. The molecular formula is C31H51N5O8. The second-order valence-electron chi connectivity index (χ2n) is 11.4. The number of carbonyl (C=O) groups is 4. The molecule has 0 spiro atoms. The molecule has 4 N–H and O–H groups in total. The molecule has 2 rings (SSSR count). The number of aliphatic carboxylic acids is 3. The Kier molecular flexibility index (Phi) is 18.0. The molecule has 1 aliphatic rings. The highest BCUT2D eigenvalue weighted by atomic mass is 16.5. The number of carbonyl (C=O) groups excluding carboxylic acids is 1. The Bertz CT molecular complexity index is 1040. The van der Waals surface area contributed by atoms with Crippen LogP contribution < -0.4 is 10.1 Å². The van der Waals surface area contributed by atoms with E-state index in [-0.39, 0.29) is 64.9 Å². The molecule has 13 nitrogen and oxygen atoms in total. The number of fused-ring (bicyclic) bond motifs is 2.